The molecule has 0 aliphatic carbocycles. The molecule has 1 aromatic heterocycles. The van der Waals surface area contributed by atoms with E-state index in [1.165, 1.54) is 12.1 Å². The molecule has 0 saturated carbocycles. The van der Waals surface area contributed by atoms with E-state index in [0.717, 1.165) is 5.56 Å². The fourth-order valence-electron chi connectivity index (χ4n) is 1.39. The van der Waals surface area contributed by atoms with E-state index in [0.29, 0.717) is 18.1 Å². The first-order valence-electron chi connectivity index (χ1n) is 4.87. The summed E-state index contributed by atoms with van der Waals surface area (Å²) in [6, 6.07) is 6.32. The number of benzene rings is 1. The second-order valence-corrected chi connectivity index (χ2v) is 3.73. The van der Waals surface area contributed by atoms with Crippen LogP contribution in [0.4, 0.5) is 5.69 Å². The monoisotopic (exact) mass is 252 g/mol. The molecule has 0 bridgehead atoms. The van der Waals surface area contributed by atoms with Crippen LogP contribution in [0.3, 0.4) is 0 Å². The minimum atomic E-state index is -0.426. The lowest BCUT2D eigenvalue weighted by atomic mass is 10.2. The molecule has 0 aliphatic rings. The lowest BCUT2D eigenvalue weighted by Gasteiger charge is -2.00. The average Bonchev–Trinajstić information content (AvgIpc) is 2.77. The molecule has 2 aromatic rings. The molecule has 7 heteroatoms. The second kappa shape index (κ2) is 4.92. The number of nitrogens with zero attached hydrogens (tertiary/aromatic N) is 4. The van der Waals surface area contributed by atoms with Crippen LogP contribution < -0.4 is 0 Å². The first-order valence-corrected chi connectivity index (χ1v) is 5.41. The zero-order chi connectivity index (χ0) is 12.3. The Balaban J connectivity index is 2.10. The number of hydrogen-bond acceptors (Lipinski definition) is 4. The summed E-state index contributed by atoms with van der Waals surface area (Å²) < 4.78 is 1.64. The summed E-state index contributed by atoms with van der Waals surface area (Å²) in [5.74, 6) is 0.320. The largest absolute Gasteiger partial charge is 0.269 e. The van der Waals surface area contributed by atoms with Gasteiger partial charge in [-0.2, -0.15) is 0 Å². The third-order valence-electron chi connectivity index (χ3n) is 2.21. The van der Waals surface area contributed by atoms with Gasteiger partial charge in [0.15, 0.2) is 0 Å². The van der Waals surface area contributed by atoms with Crippen molar-refractivity contribution < 1.29 is 4.92 Å². The Labute approximate surface area is 102 Å². The average molecular weight is 253 g/mol. The van der Waals surface area contributed by atoms with E-state index in [1.807, 2.05) is 0 Å². The molecule has 0 saturated heterocycles. The summed E-state index contributed by atoms with van der Waals surface area (Å²) in [5.41, 5.74) is 1.70. The summed E-state index contributed by atoms with van der Waals surface area (Å²) in [6.07, 6.45) is 1.74. The SMILES string of the molecule is O=[N+]([O-])c1ccc(Cn2cc(CCl)nn2)cc1. The molecule has 0 fully saturated rings. The van der Waals surface area contributed by atoms with Crippen molar-refractivity contribution in [2.24, 2.45) is 0 Å². The van der Waals surface area contributed by atoms with Crippen LogP contribution in [0.5, 0.6) is 0 Å². The summed E-state index contributed by atoms with van der Waals surface area (Å²) in [6.45, 7) is 0.516. The number of rotatable bonds is 4. The van der Waals surface area contributed by atoms with Gasteiger partial charge in [-0.25, -0.2) is 4.68 Å². The molecular weight excluding hydrogens is 244 g/mol. The molecule has 0 radical (unpaired) electrons. The first-order chi connectivity index (χ1) is 8.19. The number of nitro groups is 1. The Morgan fingerprint density at radius 1 is 1.35 bits per heavy atom. The molecule has 0 N–H and O–H groups in total. The van der Waals surface area contributed by atoms with Crippen LogP contribution in [0.2, 0.25) is 0 Å². The highest BCUT2D eigenvalue weighted by atomic mass is 35.5. The predicted molar refractivity (Wildman–Crippen MR) is 61.8 cm³/mol. The van der Waals surface area contributed by atoms with Crippen LogP contribution in [-0.2, 0) is 12.4 Å². The Bertz CT molecular complexity index is 523. The fraction of sp³-hybridized carbons (Fsp3) is 0.200. The topological polar surface area (TPSA) is 73.8 Å². The van der Waals surface area contributed by atoms with Gasteiger partial charge in [0.25, 0.3) is 5.69 Å². The lowest BCUT2D eigenvalue weighted by Crippen LogP contribution is -2.00. The highest BCUT2D eigenvalue weighted by Gasteiger charge is 2.05. The number of nitro benzene ring substituents is 1. The van der Waals surface area contributed by atoms with Crippen molar-refractivity contribution in [3.63, 3.8) is 0 Å². The zero-order valence-corrected chi connectivity index (χ0v) is 9.54. The van der Waals surface area contributed by atoms with Gasteiger partial charge in [-0.05, 0) is 5.56 Å². The van der Waals surface area contributed by atoms with Crippen molar-refractivity contribution in [3.8, 4) is 0 Å². The molecule has 1 heterocycles. The van der Waals surface area contributed by atoms with Crippen LogP contribution in [-0.4, -0.2) is 19.9 Å². The van der Waals surface area contributed by atoms with E-state index in [9.17, 15) is 10.1 Å². The van der Waals surface area contributed by atoms with E-state index < -0.39 is 4.92 Å². The third kappa shape index (κ3) is 2.79. The minimum Gasteiger partial charge on any atom is -0.258 e. The van der Waals surface area contributed by atoms with Crippen molar-refractivity contribution >= 4 is 17.3 Å². The number of non-ortho nitro benzene ring substituents is 1. The van der Waals surface area contributed by atoms with Gasteiger partial charge in [0.2, 0.25) is 0 Å². The Hall–Kier alpha value is -1.95. The van der Waals surface area contributed by atoms with E-state index in [2.05, 4.69) is 10.3 Å². The van der Waals surface area contributed by atoms with Crippen molar-refractivity contribution in [2.45, 2.75) is 12.4 Å². The Kier molecular flexibility index (Phi) is 3.34. The van der Waals surface area contributed by atoms with Gasteiger partial charge in [-0.3, -0.25) is 10.1 Å². The lowest BCUT2D eigenvalue weighted by molar-refractivity contribution is -0.384. The molecule has 0 amide bonds. The van der Waals surface area contributed by atoms with E-state index in [4.69, 9.17) is 11.6 Å². The van der Waals surface area contributed by atoms with E-state index >= 15 is 0 Å². The van der Waals surface area contributed by atoms with Crippen molar-refractivity contribution in [1.82, 2.24) is 15.0 Å². The quantitative estimate of drug-likeness (QED) is 0.474. The maximum atomic E-state index is 10.5. The van der Waals surface area contributed by atoms with Gasteiger partial charge in [0.05, 0.1) is 29.2 Å². The van der Waals surface area contributed by atoms with Gasteiger partial charge in [-0.1, -0.05) is 17.3 Å². The van der Waals surface area contributed by atoms with Crippen molar-refractivity contribution in [2.75, 3.05) is 0 Å². The van der Waals surface area contributed by atoms with Gasteiger partial charge in [-0.15, -0.1) is 16.7 Å². The molecule has 0 atom stereocenters. The highest BCUT2D eigenvalue weighted by molar-refractivity contribution is 6.16. The molecule has 88 valence electrons. The Morgan fingerprint density at radius 3 is 2.59 bits per heavy atom. The smallest absolute Gasteiger partial charge is 0.258 e. The summed E-state index contributed by atoms with van der Waals surface area (Å²) in [5, 5.41) is 18.2. The van der Waals surface area contributed by atoms with Gasteiger partial charge in [0.1, 0.15) is 0 Å². The standard InChI is InChI=1S/C10H9ClN4O2/c11-5-9-7-14(13-12-9)6-8-1-3-10(4-2-8)15(16)17/h1-4,7H,5-6H2. The fourth-order valence-corrected chi connectivity index (χ4v) is 1.51. The summed E-state index contributed by atoms with van der Waals surface area (Å²) >= 11 is 5.61. The van der Waals surface area contributed by atoms with Crippen LogP contribution in [0.1, 0.15) is 11.3 Å². The molecule has 0 unspecified atom stereocenters. The number of alkyl halides is 1. The van der Waals surface area contributed by atoms with Crippen LogP contribution >= 0.6 is 11.6 Å². The maximum Gasteiger partial charge on any atom is 0.269 e. The highest BCUT2D eigenvalue weighted by Crippen LogP contribution is 2.12. The van der Waals surface area contributed by atoms with Crippen molar-refractivity contribution in [3.05, 3.63) is 51.8 Å². The molecule has 2 rings (SSSR count). The second-order valence-electron chi connectivity index (χ2n) is 3.46. The van der Waals surface area contributed by atoms with E-state index in [-0.39, 0.29) is 5.69 Å². The van der Waals surface area contributed by atoms with Gasteiger partial charge < -0.3 is 0 Å². The minimum absolute atomic E-state index is 0.0776. The van der Waals surface area contributed by atoms with Crippen LogP contribution in [0.25, 0.3) is 0 Å². The van der Waals surface area contributed by atoms with Crippen molar-refractivity contribution in [1.29, 1.82) is 0 Å². The van der Waals surface area contributed by atoms with Gasteiger partial charge >= 0.3 is 0 Å². The molecule has 0 spiro atoms. The van der Waals surface area contributed by atoms with Gasteiger partial charge in [0, 0.05) is 12.1 Å². The maximum absolute atomic E-state index is 10.5. The molecule has 1 aromatic carbocycles. The number of hydrogen-bond donors (Lipinski definition) is 0. The predicted octanol–water partition coefficient (Wildman–Crippen LogP) is 1.97. The Morgan fingerprint density at radius 2 is 2.06 bits per heavy atom. The zero-order valence-electron chi connectivity index (χ0n) is 8.78. The molecule has 17 heavy (non-hydrogen) atoms. The molecular formula is C10H9ClN4O2. The van der Waals surface area contributed by atoms with E-state index in [1.54, 1.807) is 23.0 Å². The normalized spacial score (nSPS) is 10.4. The van der Waals surface area contributed by atoms with Crippen LogP contribution in [0.15, 0.2) is 30.5 Å². The molecule has 6 nitrogen and oxygen atoms in total. The number of aromatic nitrogens is 3. The first kappa shape index (κ1) is 11.5. The summed E-state index contributed by atoms with van der Waals surface area (Å²) in [7, 11) is 0. The number of halogens is 1. The molecule has 0 aliphatic heterocycles. The third-order valence-corrected chi connectivity index (χ3v) is 2.49. The summed E-state index contributed by atoms with van der Waals surface area (Å²) in [4.78, 5) is 10.1. The van der Waals surface area contributed by atoms with Crippen LogP contribution in [0, 0.1) is 10.1 Å².